The zero-order chi connectivity index (χ0) is 14.2. The van der Waals surface area contributed by atoms with Crippen LogP contribution in [0.4, 0.5) is 11.4 Å². The maximum atomic E-state index is 6.02. The number of hydrogen-bond donors (Lipinski definition) is 2. The van der Waals surface area contributed by atoms with Crippen molar-refractivity contribution >= 4 is 38.2 Å². The summed E-state index contributed by atoms with van der Waals surface area (Å²) in [7, 11) is 0. The Morgan fingerprint density at radius 1 is 1.32 bits per heavy atom. The van der Waals surface area contributed by atoms with Crippen LogP contribution in [0.1, 0.15) is 27.7 Å². The van der Waals surface area contributed by atoms with Crippen molar-refractivity contribution in [1.82, 2.24) is 4.98 Å². The van der Waals surface area contributed by atoms with Gasteiger partial charge in [0.1, 0.15) is 0 Å². The van der Waals surface area contributed by atoms with Crippen molar-refractivity contribution in [2.75, 3.05) is 11.1 Å². The number of aromatic nitrogens is 1. The highest BCUT2D eigenvalue weighted by Gasteiger charge is 2.20. The molecule has 0 fully saturated rings. The Bertz CT molecular complexity index is 602. The molecular weight excluding hydrogens is 302 g/mol. The van der Waals surface area contributed by atoms with Gasteiger partial charge in [-0.05, 0) is 46.5 Å². The molecule has 2 rings (SSSR count). The van der Waals surface area contributed by atoms with Crippen molar-refractivity contribution in [2.24, 2.45) is 5.41 Å². The molecule has 2 aromatic rings. The van der Waals surface area contributed by atoms with Crippen LogP contribution in [-0.4, -0.2) is 11.0 Å². The van der Waals surface area contributed by atoms with Crippen LogP contribution in [-0.2, 0) is 0 Å². The average Bonchev–Trinajstić information content (AvgIpc) is 2.31. The number of halogens is 1. The van der Waals surface area contributed by atoms with Crippen molar-refractivity contribution in [3.8, 4) is 0 Å². The maximum absolute atomic E-state index is 6.02. The second kappa shape index (κ2) is 5.00. The lowest BCUT2D eigenvalue weighted by Crippen LogP contribution is -2.30. The van der Waals surface area contributed by atoms with Gasteiger partial charge in [0.15, 0.2) is 0 Å². The minimum atomic E-state index is 0.184. The molecule has 19 heavy (non-hydrogen) atoms. The highest BCUT2D eigenvalue weighted by Crippen LogP contribution is 2.31. The number of nitrogens with one attached hydrogen (secondary N) is 1. The van der Waals surface area contributed by atoms with E-state index < -0.39 is 0 Å². The van der Waals surface area contributed by atoms with E-state index in [-0.39, 0.29) is 5.41 Å². The third-order valence-electron chi connectivity index (χ3n) is 3.52. The molecule has 0 radical (unpaired) electrons. The highest BCUT2D eigenvalue weighted by molar-refractivity contribution is 9.10. The van der Waals surface area contributed by atoms with Crippen LogP contribution >= 0.6 is 15.9 Å². The molecule has 0 saturated heterocycles. The minimum Gasteiger partial charge on any atom is -0.398 e. The summed E-state index contributed by atoms with van der Waals surface area (Å²) in [4.78, 5) is 4.49. The molecule has 0 aliphatic heterocycles. The fraction of sp³-hybridized carbons (Fsp3) is 0.400. The normalized spacial score (nSPS) is 13.5. The van der Waals surface area contributed by atoms with E-state index in [4.69, 9.17) is 5.73 Å². The molecular formula is C15H20BrN3. The molecule has 1 heterocycles. The number of rotatable bonds is 2. The van der Waals surface area contributed by atoms with Gasteiger partial charge in [0, 0.05) is 27.8 Å². The fourth-order valence-electron chi connectivity index (χ4n) is 1.78. The monoisotopic (exact) mass is 321 g/mol. The van der Waals surface area contributed by atoms with E-state index in [9.17, 15) is 0 Å². The van der Waals surface area contributed by atoms with Crippen LogP contribution in [0, 0.1) is 5.41 Å². The predicted octanol–water partition coefficient (Wildman–Crippen LogP) is 4.43. The number of nitrogen functional groups attached to an aromatic ring is 1. The summed E-state index contributed by atoms with van der Waals surface area (Å²) >= 11 is 3.44. The van der Waals surface area contributed by atoms with E-state index in [0.717, 1.165) is 26.8 Å². The van der Waals surface area contributed by atoms with E-state index in [1.165, 1.54) is 0 Å². The second-order valence-electron chi connectivity index (χ2n) is 5.98. The third kappa shape index (κ3) is 3.00. The van der Waals surface area contributed by atoms with E-state index in [2.05, 4.69) is 53.9 Å². The summed E-state index contributed by atoms with van der Waals surface area (Å²) in [5.41, 5.74) is 8.90. The molecule has 0 spiro atoms. The quantitative estimate of drug-likeness (QED) is 0.805. The molecule has 0 aliphatic carbocycles. The van der Waals surface area contributed by atoms with Gasteiger partial charge in [-0.3, -0.25) is 4.98 Å². The van der Waals surface area contributed by atoms with Gasteiger partial charge in [-0.1, -0.05) is 20.8 Å². The number of fused-ring (bicyclic) bond motifs is 1. The van der Waals surface area contributed by atoms with Gasteiger partial charge in [-0.25, -0.2) is 0 Å². The number of hydrogen-bond acceptors (Lipinski definition) is 3. The largest absolute Gasteiger partial charge is 0.398 e. The van der Waals surface area contributed by atoms with Crippen molar-refractivity contribution < 1.29 is 0 Å². The van der Waals surface area contributed by atoms with E-state index in [1.807, 2.05) is 18.2 Å². The van der Waals surface area contributed by atoms with Crippen LogP contribution < -0.4 is 11.1 Å². The minimum absolute atomic E-state index is 0.184. The van der Waals surface area contributed by atoms with Crippen LogP contribution in [0.5, 0.6) is 0 Å². The van der Waals surface area contributed by atoms with E-state index >= 15 is 0 Å². The third-order valence-corrected chi connectivity index (χ3v) is 3.95. The van der Waals surface area contributed by atoms with Crippen LogP contribution in [0.2, 0.25) is 0 Å². The fourth-order valence-corrected chi connectivity index (χ4v) is 2.11. The first-order chi connectivity index (χ1) is 8.79. The average molecular weight is 322 g/mol. The number of pyridine rings is 1. The molecule has 3 nitrogen and oxygen atoms in total. The van der Waals surface area contributed by atoms with Gasteiger partial charge in [0.25, 0.3) is 0 Å². The Kier molecular flexibility index (Phi) is 3.72. The smallest absolute Gasteiger partial charge is 0.0954 e. The number of benzene rings is 1. The lowest BCUT2D eigenvalue weighted by Gasteiger charge is -2.29. The van der Waals surface area contributed by atoms with Crippen molar-refractivity contribution in [3.05, 3.63) is 28.9 Å². The molecule has 0 aliphatic rings. The van der Waals surface area contributed by atoms with Crippen molar-refractivity contribution in [3.63, 3.8) is 0 Å². The number of nitrogens with zero attached hydrogens (tertiary/aromatic N) is 1. The van der Waals surface area contributed by atoms with Crippen LogP contribution in [0.15, 0.2) is 28.9 Å². The zero-order valence-electron chi connectivity index (χ0n) is 11.8. The Morgan fingerprint density at radius 2 is 2.00 bits per heavy atom. The molecule has 0 amide bonds. The lowest BCUT2D eigenvalue weighted by molar-refractivity contribution is 0.359. The molecule has 1 unspecified atom stereocenters. The molecule has 1 aromatic heterocycles. The Morgan fingerprint density at radius 3 is 2.63 bits per heavy atom. The Hall–Kier alpha value is -1.29. The van der Waals surface area contributed by atoms with Gasteiger partial charge in [0.2, 0.25) is 0 Å². The highest BCUT2D eigenvalue weighted by atomic mass is 79.9. The predicted molar refractivity (Wildman–Crippen MR) is 86.4 cm³/mol. The molecule has 102 valence electrons. The first-order valence-corrected chi connectivity index (χ1v) is 7.18. The van der Waals surface area contributed by atoms with E-state index in [0.29, 0.717) is 6.04 Å². The molecule has 1 aromatic carbocycles. The number of anilines is 2. The molecule has 1 atom stereocenters. The maximum Gasteiger partial charge on any atom is 0.0954 e. The first-order valence-electron chi connectivity index (χ1n) is 6.39. The standard InChI is InChI=1S/C15H20BrN3/c1-9(15(2,3)4)19-13-6-5-12(17)11-7-10(16)8-18-14(11)13/h5-9,19H,17H2,1-4H3. The summed E-state index contributed by atoms with van der Waals surface area (Å²) in [5, 5.41) is 4.51. The molecule has 3 N–H and O–H groups in total. The van der Waals surface area contributed by atoms with Gasteiger partial charge in [-0.15, -0.1) is 0 Å². The summed E-state index contributed by atoms with van der Waals surface area (Å²) in [6.07, 6.45) is 1.80. The SMILES string of the molecule is CC(Nc1ccc(N)c2cc(Br)cnc12)C(C)(C)C. The summed E-state index contributed by atoms with van der Waals surface area (Å²) in [6.45, 7) is 8.83. The zero-order valence-corrected chi connectivity index (χ0v) is 13.4. The van der Waals surface area contributed by atoms with E-state index in [1.54, 1.807) is 6.20 Å². The summed E-state index contributed by atoms with van der Waals surface area (Å²) in [6, 6.07) is 6.27. The Labute approximate surface area is 122 Å². The second-order valence-corrected chi connectivity index (χ2v) is 6.90. The molecule has 0 saturated carbocycles. The summed E-state index contributed by atoms with van der Waals surface area (Å²) < 4.78 is 0.938. The van der Waals surface area contributed by atoms with Crippen LogP contribution in [0.25, 0.3) is 10.9 Å². The van der Waals surface area contributed by atoms with Gasteiger partial charge < -0.3 is 11.1 Å². The van der Waals surface area contributed by atoms with Gasteiger partial charge in [-0.2, -0.15) is 0 Å². The molecule has 0 bridgehead atoms. The number of nitrogens with two attached hydrogens (primary N) is 1. The topological polar surface area (TPSA) is 50.9 Å². The van der Waals surface area contributed by atoms with Gasteiger partial charge in [0.05, 0.1) is 11.2 Å². The van der Waals surface area contributed by atoms with Crippen molar-refractivity contribution in [2.45, 2.75) is 33.7 Å². The van der Waals surface area contributed by atoms with Gasteiger partial charge >= 0.3 is 0 Å². The lowest BCUT2D eigenvalue weighted by atomic mass is 9.88. The first kappa shape index (κ1) is 14.1. The van der Waals surface area contributed by atoms with Crippen LogP contribution in [0.3, 0.4) is 0 Å². The Balaban J connectivity index is 2.48. The molecule has 4 heteroatoms. The summed E-state index contributed by atoms with van der Waals surface area (Å²) in [5.74, 6) is 0. The van der Waals surface area contributed by atoms with Crippen molar-refractivity contribution in [1.29, 1.82) is 0 Å².